The maximum Gasteiger partial charge on any atom is 0.338 e. The highest BCUT2D eigenvalue weighted by molar-refractivity contribution is 7.07. The number of hydrogen-bond acceptors (Lipinski definition) is 9. The summed E-state index contributed by atoms with van der Waals surface area (Å²) in [6, 6.07) is 7.57. The summed E-state index contributed by atoms with van der Waals surface area (Å²) in [7, 11) is 1.46. The van der Waals surface area contributed by atoms with Gasteiger partial charge in [0, 0.05) is 6.92 Å². The van der Waals surface area contributed by atoms with Crippen LogP contribution in [-0.4, -0.2) is 30.2 Å². The number of methoxy groups -OCH3 is 1. The molecule has 0 bridgehead atoms. The quantitative estimate of drug-likeness (QED) is 0.392. The SMILES string of the molecule is CCOC(=O)C1=C(C)N=c2s/c(=C/c3ccc(OC(C)=O)c(OC)c3)c(=O)n2C1c1ccco1. The van der Waals surface area contributed by atoms with E-state index in [2.05, 4.69) is 4.99 Å². The van der Waals surface area contributed by atoms with Crippen molar-refractivity contribution in [3.8, 4) is 11.5 Å². The fraction of sp³-hybridized carbons (Fsp3) is 0.250. The molecule has 3 heterocycles. The van der Waals surface area contributed by atoms with Crippen molar-refractivity contribution in [2.24, 2.45) is 4.99 Å². The van der Waals surface area contributed by atoms with Crippen LogP contribution in [0.1, 0.15) is 38.1 Å². The van der Waals surface area contributed by atoms with E-state index in [4.69, 9.17) is 18.6 Å². The lowest BCUT2D eigenvalue weighted by Crippen LogP contribution is -2.39. The van der Waals surface area contributed by atoms with Crippen molar-refractivity contribution in [3.05, 3.63) is 78.9 Å². The number of furan rings is 1. The number of thiazole rings is 1. The second-order valence-corrected chi connectivity index (χ2v) is 8.33. The molecule has 0 aliphatic carbocycles. The Morgan fingerprint density at radius 2 is 2.06 bits per heavy atom. The molecule has 2 aromatic heterocycles. The largest absolute Gasteiger partial charge is 0.493 e. The first-order valence-electron chi connectivity index (χ1n) is 10.4. The molecule has 0 N–H and O–H groups in total. The first-order chi connectivity index (χ1) is 16.3. The van der Waals surface area contributed by atoms with Crippen LogP contribution in [0.2, 0.25) is 0 Å². The number of hydrogen-bond donors (Lipinski definition) is 0. The van der Waals surface area contributed by atoms with Crippen LogP contribution < -0.4 is 24.4 Å². The van der Waals surface area contributed by atoms with Crippen LogP contribution in [0.25, 0.3) is 6.08 Å². The summed E-state index contributed by atoms with van der Waals surface area (Å²) in [5.41, 5.74) is 1.04. The molecule has 9 nitrogen and oxygen atoms in total. The molecule has 1 aliphatic heterocycles. The summed E-state index contributed by atoms with van der Waals surface area (Å²) in [6.07, 6.45) is 3.17. The Morgan fingerprint density at radius 3 is 2.71 bits per heavy atom. The molecule has 0 spiro atoms. The van der Waals surface area contributed by atoms with E-state index >= 15 is 0 Å². The number of carbonyl (C=O) groups excluding carboxylic acids is 2. The number of aromatic nitrogens is 1. The maximum absolute atomic E-state index is 13.5. The van der Waals surface area contributed by atoms with Crippen LogP contribution in [0, 0.1) is 0 Å². The van der Waals surface area contributed by atoms with Gasteiger partial charge in [0.1, 0.15) is 11.8 Å². The molecule has 3 aromatic rings. The Morgan fingerprint density at radius 1 is 1.26 bits per heavy atom. The van der Waals surface area contributed by atoms with Gasteiger partial charge in [-0.25, -0.2) is 9.79 Å². The van der Waals surface area contributed by atoms with Gasteiger partial charge in [-0.1, -0.05) is 17.4 Å². The van der Waals surface area contributed by atoms with E-state index in [1.807, 2.05) is 0 Å². The zero-order valence-electron chi connectivity index (χ0n) is 19.0. The van der Waals surface area contributed by atoms with Crippen LogP contribution in [0.3, 0.4) is 0 Å². The van der Waals surface area contributed by atoms with Gasteiger partial charge in [-0.15, -0.1) is 0 Å². The number of allylic oxidation sites excluding steroid dienone is 1. The lowest BCUT2D eigenvalue weighted by molar-refractivity contribution is -0.139. The van der Waals surface area contributed by atoms with Crippen LogP contribution in [-0.2, 0) is 14.3 Å². The second kappa shape index (κ2) is 9.52. The summed E-state index contributed by atoms with van der Waals surface area (Å²) < 4.78 is 23.1. The molecule has 0 saturated carbocycles. The van der Waals surface area contributed by atoms with Crippen molar-refractivity contribution in [2.75, 3.05) is 13.7 Å². The number of benzene rings is 1. The molecule has 1 aliphatic rings. The van der Waals surface area contributed by atoms with Gasteiger partial charge in [0.15, 0.2) is 16.3 Å². The number of carbonyl (C=O) groups is 2. The summed E-state index contributed by atoms with van der Waals surface area (Å²) in [5.74, 6) is 0.0412. The fourth-order valence-corrected chi connectivity index (χ4v) is 4.72. The highest BCUT2D eigenvalue weighted by Gasteiger charge is 2.35. The minimum Gasteiger partial charge on any atom is -0.493 e. The van der Waals surface area contributed by atoms with Gasteiger partial charge < -0.3 is 18.6 Å². The number of nitrogens with zero attached hydrogens (tertiary/aromatic N) is 2. The van der Waals surface area contributed by atoms with E-state index in [-0.39, 0.29) is 23.5 Å². The highest BCUT2D eigenvalue weighted by atomic mass is 32.1. The topological polar surface area (TPSA) is 109 Å². The van der Waals surface area contributed by atoms with Crippen molar-refractivity contribution in [1.29, 1.82) is 0 Å². The van der Waals surface area contributed by atoms with Gasteiger partial charge in [-0.05, 0) is 49.8 Å². The van der Waals surface area contributed by atoms with E-state index in [9.17, 15) is 14.4 Å². The Bertz CT molecular complexity index is 1460. The highest BCUT2D eigenvalue weighted by Crippen LogP contribution is 2.31. The molecule has 4 rings (SSSR count). The van der Waals surface area contributed by atoms with Gasteiger partial charge in [0.25, 0.3) is 5.56 Å². The second-order valence-electron chi connectivity index (χ2n) is 7.32. The lowest BCUT2D eigenvalue weighted by Gasteiger charge is -2.22. The molecule has 1 atom stereocenters. The van der Waals surface area contributed by atoms with Gasteiger partial charge >= 0.3 is 11.9 Å². The van der Waals surface area contributed by atoms with Crippen LogP contribution in [0.5, 0.6) is 11.5 Å². The molecule has 10 heteroatoms. The molecule has 176 valence electrons. The van der Waals surface area contributed by atoms with Gasteiger partial charge in [0.05, 0.1) is 35.8 Å². The van der Waals surface area contributed by atoms with E-state index < -0.39 is 18.0 Å². The van der Waals surface area contributed by atoms with Crippen LogP contribution in [0.15, 0.2) is 62.1 Å². The smallest absolute Gasteiger partial charge is 0.338 e. The van der Waals surface area contributed by atoms with Crippen molar-refractivity contribution in [1.82, 2.24) is 4.57 Å². The van der Waals surface area contributed by atoms with E-state index in [1.165, 1.54) is 36.2 Å². The Kier molecular flexibility index (Phi) is 6.51. The molecule has 0 amide bonds. The molecule has 1 aromatic carbocycles. The first kappa shape index (κ1) is 23.2. The molecular weight excluding hydrogens is 460 g/mol. The molecule has 0 radical (unpaired) electrons. The molecule has 0 saturated heterocycles. The van der Waals surface area contributed by atoms with Gasteiger partial charge in [0.2, 0.25) is 0 Å². The average molecular weight is 483 g/mol. The average Bonchev–Trinajstić information content (AvgIpc) is 3.42. The summed E-state index contributed by atoms with van der Waals surface area (Å²) in [4.78, 5) is 42.5. The van der Waals surface area contributed by atoms with E-state index in [0.29, 0.717) is 32.1 Å². The van der Waals surface area contributed by atoms with Crippen LogP contribution in [0.4, 0.5) is 0 Å². The summed E-state index contributed by atoms with van der Waals surface area (Å²) >= 11 is 1.19. The van der Waals surface area contributed by atoms with Crippen molar-refractivity contribution in [2.45, 2.75) is 26.8 Å². The van der Waals surface area contributed by atoms with Gasteiger partial charge in [-0.3, -0.25) is 14.2 Å². The fourth-order valence-electron chi connectivity index (χ4n) is 3.67. The Hall–Kier alpha value is -3.92. The molecule has 34 heavy (non-hydrogen) atoms. The Balaban J connectivity index is 1.86. The minimum absolute atomic E-state index is 0.191. The summed E-state index contributed by atoms with van der Waals surface area (Å²) in [5, 5.41) is 0. The third kappa shape index (κ3) is 4.32. The number of rotatable bonds is 6. The van der Waals surface area contributed by atoms with Crippen molar-refractivity contribution >= 4 is 29.4 Å². The molecule has 0 fully saturated rings. The predicted molar refractivity (Wildman–Crippen MR) is 123 cm³/mol. The standard InChI is InChI=1S/C24H22N2O7S/c1-5-31-23(29)20-13(2)25-24-26(21(20)17-7-6-10-32-17)22(28)19(34-24)12-15-8-9-16(33-14(3)27)18(11-15)30-4/h6-12,21H,5H2,1-4H3/b19-12+. The minimum atomic E-state index is -0.798. The van der Waals surface area contributed by atoms with E-state index in [0.717, 1.165) is 0 Å². The number of fused-ring (bicyclic) bond motifs is 1. The van der Waals surface area contributed by atoms with E-state index in [1.54, 1.807) is 50.3 Å². The normalized spacial score (nSPS) is 15.5. The third-order valence-electron chi connectivity index (χ3n) is 5.07. The Labute approximate surface area is 198 Å². The number of esters is 2. The lowest BCUT2D eigenvalue weighted by atomic mass is 10.0. The van der Waals surface area contributed by atoms with Crippen molar-refractivity contribution < 1.29 is 28.2 Å². The first-order valence-corrected chi connectivity index (χ1v) is 11.2. The van der Waals surface area contributed by atoms with Crippen LogP contribution >= 0.6 is 11.3 Å². The van der Waals surface area contributed by atoms with Gasteiger partial charge in [-0.2, -0.15) is 0 Å². The third-order valence-corrected chi connectivity index (χ3v) is 6.05. The molecular formula is C24H22N2O7S. The molecule has 1 unspecified atom stereocenters. The number of ether oxygens (including phenoxy) is 3. The maximum atomic E-state index is 13.5. The zero-order valence-corrected chi connectivity index (χ0v) is 19.8. The monoisotopic (exact) mass is 482 g/mol. The van der Waals surface area contributed by atoms with Crippen molar-refractivity contribution in [3.63, 3.8) is 0 Å². The summed E-state index contributed by atoms with van der Waals surface area (Å²) in [6.45, 7) is 4.91. The zero-order chi connectivity index (χ0) is 24.4. The predicted octanol–water partition coefficient (Wildman–Crippen LogP) is 2.33.